The maximum atomic E-state index is 13.5. The number of rotatable bonds is 6. The Morgan fingerprint density at radius 2 is 1.81 bits per heavy atom. The van der Waals surface area contributed by atoms with Gasteiger partial charge in [-0.15, -0.1) is 0 Å². The van der Waals surface area contributed by atoms with Gasteiger partial charge in [0, 0.05) is 24.2 Å². The molecule has 3 rings (SSSR count). The number of halogens is 2. The molecule has 0 atom stereocenters. The predicted molar refractivity (Wildman–Crippen MR) is 77.0 cm³/mol. The summed E-state index contributed by atoms with van der Waals surface area (Å²) < 4.78 is 31.8. The number of benzene rings is 2. The molecule has 1 aliphatic rings. The lowest BCUT2D eigenvalue weighted by molar-refractivity contribution is 0.299. The zero-order valence-electron chi connectivity index (χ0n) is 11.6. The SMILES string of the molecule is Fc1ccc(COc2ccc(CNC3CC3)cc2)c(F)c1. The summed E-state index contributed by atoms with van der Waals surface area (Å²) in [5, 5.41) is 3.44. The van der Waals surface area contributed by atoms with E-state index in [1.807, 2.05) is 24.3 Å². The van der Waals surface area contributed by atoms with Crippen molar-refractivity contribution in [2.75, 3.05) is 0 Å². The van der Waals surface area contributed by atoms with Crippen LogP contribution in [0, 0.1) is 11.6 Å². The average molecular weight is 289 g/mol. The van der Waals surface area contributed by atoms with Gasteiger partial charge in [0.2, 0.25) is 0 Å². The molecule has 0 saturated heterocycles. The second kappa shape index (κ2) is 6.22. The maximum absolute atomic E-state index is 13.5. The smallest absolute Gasteiger partial charge is 0.132 e. The summed E-state index contributed by atoms with van der Waals surface area (Å²) in [6.45, 7) is 0.948. The topological polar surface area (TPSA) is 21.3 Å². The van der Waals surface area contributed by atoms with Gasteiger partial charge in [-0.25, -0.2) is 8.78 Å². The molecular weight excluding hydrogens is 272 g/mol. The van der Waals surface area contributed by atoms with Crippen LogP contribution < -0.4 is 10.1 Å². The molecule has 4 heteroatoms. The molecule has 2 nitrogen and oxygen atoms in total. The van der Waals surface area contributed by atoms with E-state index in [1.54, 1.807) is 0 Å². The van der Waals surface area contributed by atoms with Crippen LogP contribution >= 0.6 is 0 Å². The minimum atomic E-state index is -0.583. The molecule has 0 bridgehead atoms. The van der Waals surface area contributed by atoms with Crippen molar-refractivity contribution in [2.24, 2.45) is 0 Å². The van der Waals surface area contributed by atoms with Gasteiger partial charge in [-0.3, -0.25) is 0 Å². The first-order valence-corrected chi connectivity index (χ1v) is 7.10. The van der Waals surface area contributed by atoms with Crippen molar-refractivity contribution in [3.63, 3.8) is 0 Å². The van der Waals surface area contributed by atoms with Gasteiger partial charge in [0.25, 0.3) is 0 Å². The van der Waals surface area contributed by atoms with Crippen molar-refractivity contribution < 1.29 is 13.5 Å². The van der Waals surface area contributed by atoms with E-state index in [1.165, 1.54) is 30.5 Å². The Balaban J connectivity index is 1.54. The summed E-state index contributed by atoms with van der Waals surface area (Å²) in [5.74, 6) is -0.488. The Bertz CT molecular complexity index is 609. The zero-order valence-corrected chi connectivity index (χ0v) is 11.6. The molecule has 1 saturated carbocycles. The summed E-state index contributed by atoms with van der Waals surface area (Å²) >= 11 is 0. The van der Waals surface area contributed by atoms with Crippen LogP contribution in [0.3, 0.4) is 0 Å². The quantitative estimate of drug-likeness (QED) is 0.873. The van der Waals surface area contributed by atoms with Gasteiger partial charge in [0.05, 0.1) is 0 Å². The third-order valence-corrected chi connectivity index (χ3v) is 3.51. The van der Waals surface area contributed by atoms with Crippen molar-refractivity contribution in [3.05, 3.63) is 65.2 Å². The van der Waals surface area contributed by atoms with Gasteiger partial charge in [-0.2, -0.15) is 0 Å². The molecule has 110 valence electrons. The Labute approximate surface area is 122 Å². The standard InChI is InChI=1S/C17H17F2NO/c18-14-4-3-13(17(19)9-14)11-21-16-7-1-12(2-8-16)10-20-15-5-6-15/h1-4,7-9,15,20H,5-6,10-11H2. The highest BCUT2D eigenvalue weighted by Gasteiger charge is 2.19. The molecule has 1 N–H and O–H groups in total. The first-order chi connectivity index (χ1) is 10.2. The Kier molecular flexibility index (Phi) is 4.15. The van der Waals surface area contributed by atoms with E-state index in [-0.39, 0.29) is 6.61 Å². The van der Waals surface area contributed by atoms with Crippen LogP contribution in [0.1, 0.15) is 24.0 Å². The highest BCUT2D eigenvalue weighted by molar-refractivity contribution is 5.28. The fourth-order valence-electron chi connectivity index (χ4n) is 2.05. The second-order valence-corrected chi connectivity index (χ2v) is 5.32. The normalized spacial score (nSPS) is 14.2. The molecule has 2 aromatic rings. The monoisotopic (exact) mass is 289 g/mol. The van der Waals surface area contributed by atoms with Crippen LogP contribution in [0.2, 0.25) is 0 Å². The average Bonchev–Trinajstić information content (AvgIpc) is 3.30. The van der Waals surface area contributed by atoms with Crippen molar-refractivity contribution >= 4 is 0 Å². The molecule has 0 amide bonds. The van der Waals surface area contributed by atoms with Gasteiger partial charge >= 0.3 is 0 Å². The van der Waals surface area contributed by atoms with E-state index in [4.69, 9.17) is 4.74 Å². The van der Waals surface area contributed by atoms with Gasteiger partial charge in [0.15, 0.2) is 0 Å². The molecule has 0 unspecified atom stereocenters. The molecule has 1 fully saturated rings. The van der Waals surface area contributed by atoms with E-state index < -0.39 is 11.6 Å². The largest absolute Gasteiger partial charge is 0.489 e. The van der Waals surface area contributed by atoms with Gasteiger partial charge < -0.3 is 10.1 Å². The Hall–Kier alpha value is -1.94. The molecule has 0 aliphatic heterocycles. The van der Waals surface area contributed by atoms with Crippen LogP contribution in [-0.4, -0.2) is 6.04 Å². The molecule has 1 aliphatic carbocycles. The predicted octanol–water partition coefficient (Wildman–Crippen LogP) is 3.80. The van der Waals surface area contributed by atoms with E-state index in [0.29, 0.717) is 17.4 Å². The fraction of sp³-hybridized carbons (Fsp3) is 0.294. The van der Waals surface area contributed by atoms with Crippen molar-refractivity contribution in [2.45, 2.75) is 32.0 Å². The molecule has 0 aromatic heterocycles. The second-order valence-electron chi connectivity index (χ2n) is 5.32. The number of nitrogens with one attached hydrogen (secondary N) is 1. The van der Waals surface area contributed by atoms with E-state index in [0.717, 1.165) is 12.6 Å². The molecule has 2 aromatic carbocycles. The van der Waals surface area contributed by atoms with Crippen LogP contribution in [0.25, 0.3) is 0 Å². The summed E-state index contributed by atoms with van der Waals surface area (Å²) in [6, 6.07) is 11.9. The van der Waals surface area contributed by atoms with Crippen molar-refractivity contribution in [3.8, 4) is 5.75 Å². The molecular formula is C17H17F2NO. The molecule has 0 radical (unpaired) electrons. The van der Waals surface area contributed by atoms with Crippen LogP contribution in [0.5, 0.6) is 5.75 Å². The lowest BCUT2D eigenvalue weighted by Gasteiger charge is -2.08. The van der Waals surface area contributed by atoms with E-state index in [9.17, 15) is 8.78 Å². The fourth-order valence-corrected chi connectivity index (χ4v) is 2.05. The third-order valence-electron chi connectivity index (χ3n) is 3.51. The summed E-state index contributed by atoms with van der Waals surface area (Å²) in [6.07, 6.45) is 2.54. The maximum Gasteiger partial charge on any atom is 0.132 e. The minimum absolute atomic E-state index is 0.0891. The first kappa shape index (κ1) is 14.0. The van der Waals surface area contributed by atoms with Gasteiger partial charge in [-0.05, 0) is 42.7 Å². The van der Waals surface area contributed by atoms with Gasteiger partial charge in [-0.1, -0.05) is 12.1 Å². The summed E-state index contributed by atoms with van der Waals surface area (Å²) in [7, 11) is 0. The van der Waals surface area contributed by atoms with E-state index >= 15 is 0 Å². The lowest BCUT2D eigenvalue weighted by atomic mass is 10.2. The van der Waals surface area contributed by atoms with Crippen LogP contribution in [0.15, 0.2) is 42.5 Å². The van der Waals surface area contributed by atoms with Gasteiger partial charge in [0.1, 0.15) is 24.0 Å². The minimum Gasteiger partial charge on any atom is -0.489 e. The number of ether oxygens (including phenoxy) is 1. The first-order valence-electron chi connectivity index (χ1n) is 7.10. The third kappa shape index (κ3) is 4.02. The van der Waals surface area contributed by atoms with Crippen molar-refractivity contribution in [1.82, 2.24) is 5.32 Å². The highest BCUT2D eigenvalue weighted by atomic mass is 19.1. The molecule has 0 spiro atoms. The van der Waals surface area contributed by atoms with Crippen LogP contribution in [-0.2, 0) is 13.2 Å². The van der Waals surface area contributed by atoms with E-state index in [2.05, 4.69) is 5.32 Å². The molecule has 21 heavy (non-hydrogen) atoms. The summed E-state index contributed by atoms with van der Waals surface area (Å²) in [4.78, 5) is 0. The highest BCUT2D eigenvalue weighted by Crippen LogP contribution is 2.20. The zero-order chi connectivity index (χ0) is 14.7. The Morgan fingerprint density at radius 3 is 2.48 bits per heavy atom. The Morgan fingerprint density at radius 1 is 1.05 bits per heavy atom. The van der Waals surface area contributed by atoms with Crippen molar-refractivity contribution in [1.29, 1.82) is 0 Å². The number of hydrogen-bond donors (Lipinski definition) is 1. The molecule has 0 heterocycles. The van der Waals surface area contributed by atoms with Crippen LogP contribution in [0.4, 0.5) is 8.78 Å². The number of hydrogen-bond acceptors (Lipinski definition) is 2. The lowest BCUT2D eigenvalue weighted by Crippen LogP contribution is -2.15. The summed E-state index contributed by atoms with van der Waals surface area (Å²) in [5.41, 5.74) is 1.54.